The lowest BCUT2D eigenvalue weighted by Gasteiger charge is -2.12. The molecule has 0 atom stereocenters. The van der Waals surface area contributed by atoms with Crippen LogP contribution in [-0.4, -0.2) is 54.1 Å². The summed E-state index contributed by atoms with van der Waals surface area (Å²) in [6.07, 6.45) is 10.2. The third kappa shape index (κ3) is 7.32. The van der Waals surface area contributed by atoms with Gasteiger partial charge in [-0.3, -0.25) is 4.99 Å². The Bertz CT molecular complexity index is 528. The Morgan fingerprint density at radius 2 is 1.88 bits per heavy atom. The molecule has 0 bridgehead atoms. The molecule has 26 heavy (non-hydrogen) atoms. The number of ether oxygens (including phenoxy) is 1. The monoisotopic (exact) mass is 364 g/mol. The summed E-state index contributed by atoms with van der Waals surface area (Å²) >= 11 is 0. The topological polar surface area (TPSA) is 76.4 Å². The van der Waals surface area contributed by atoms with Gasteiger partial charge >= 0.3 is 0 Å². The molecular formula is C19H36N6O. The Balaban J connectivity index is 1.57. The third-order valence-corrected chi connectivity index (χ3v) is 4.68. The SMILES string of the molecule is CCCCOCCCNC(=NC)NCCCc1nnc2n1CCCCC2. The van der Waals surface area contributed by atoms with Gasteiger partial charge in [0.15, 0.2) is 5.96 Å². The molecule has 1 aliphatic heterocycles. The molecule has 2 N–H and O–H groups in total. The van der Waals surface area contributed by atoms with Gasteiger partial charge in [0.05, 0.1) is 0 Å². The number of fused-ring (bicyclic) bond motifs is 1. The van der Waals surface area contributed by atoms with E-state index in [1.807, 2.05) is 7.05 Å². The third-order valence-electron chi connectivity index (χ3n) is 4.68. The maximum Gasteiger partial charge on any atom is 0.190 e. The van der Waals surface area contributed by atoms with Crippen molar-refractivity contribution in [3.8, 4) is 0 Å². The number of unbranched alkanes of at least 4 members (excludes halogenated alkanes) is 1. The quantitative estimate of drug-likeness (QED) is 0.358. The summed E-state index contributed by atoms with van der Waals surface area (Å²) in [6, 6.07) is 0. The number of nitrogens with zero attached hydrogens (tertiary/aromatic N) is 4. The second-order valence-electron chi connectivity index (χ2n) is 6.84. The number of aryl methyl sites for hydroxylation is 2. The minimum atomic E-state index is 0.808. The van der Waals surface area contributed by atoms with Gasteiger partial charge in [0, 0.05) is 52.7 Å². The number of aliphatic imine (C=N–C) groups is 1. The molecule has 0 aliphatic carbocycles. The molecule has 148 valence electrons. The average Bonchev–Trinajstić information content (AvgIpc) is 2.88. The van der Waals surface area contributed by atoms with Gasteiger partial charge in [0.25, 0.3) is 0 Å². The molecule has 0 radical (unpaired) electrons. The summed E-state index contributed by atoms with van der Waals surface area (Å²) in [6.45, 7) is 6.70. The van der Waals surface area contributed by atoms with Gasteiger partial charge in [0.1, 0.15) is 11.6 Å². The molecule has 0 aromatic carbocycles. The first-order chi connectivity index (χ1) is 12.8. The molecule has 0 spiro atoms. The van der Waals surface area contributed by atoms with Crippen LogP contribution in [0.3, 0.4) is 0 Å². The first-order valence-corrected chi connectivity index (χ1v) is 10.3. The molecule has 0 unspecified atom stereocenters. The molecule has 1 aromatic heterocycles. The number of guanidine groups is 1. The summed E-state index contributed by atoms with van der Waals surface area (Å²) < 4.78 is 7.90. The minimum absolute atomic E-state index is 0.808. The second kappa shape index (κ2) is 12.7. The number of hydrogen-bond acceptors (Lipinski definition) is 4. The highest BCUT2D eigenvalue weighted by Crippen LogP contribution is 2.15. The van der Waals surface area contributed by atoms with E-state index in [2.05, 4.69) is 37.3 Å². The van der Waals surface area contributed by atoms with Crippen molar-refractivity contribution in [3.05, 3.63) is 11.6 Å². The van der Waals surface area contributed by atoms with Crippen molar-refractivity contribution in [2.24, 2.45) is 4.99 Å². The zero-order valence-corrected chi connectivity index (χ0v) is 16.6. The van der Waals surface area contributed by atoms with E-state index >= 15 is 0 Å². The van der Waals surface area contributed by atoms with Crippen LogP contribution in [-0.2, 0) is 24.1 Å². The van der Waals surface area contributed by atoms with Crippen LogP contribution in [0.4, 0.5) is 0 Å². The summed E-state index contributed by atoms with van der Waals surface area (Å²) in [7, 11) is 1.81. The highest BCUT2D eigenvalue weighted by molar-refractivity contribution is 5.79. The highest BCUT2D eigenvalue weighted by atomic mass is 16.5. The lowest BCUT2D eigenvalue weighted by Crippen LogP contribution is -2.38. The lowest BCUT2D eigenvalue weighted by atomic mass is 10.2. The number of hydrogen-bond donors (Lipinski definition) is 2. The minimum Gasteiger partial charge on any atom is -0.381 e. The maximum atomic E-state index is 5.57. The predicted molar refractivity (Wildman–Crippen MR) is 106 cm³/mol. The van der Waals surface area contributed by atoms with Crippen molar-refractivity contribution in [3.63, 3.8) is 0 Å². The average molecular weight is 365 g/mol. The number of nitrogens with one attached hydrogen (secondary N) is 2. The zero-order chi connectivity index (χ0) is 18.5. The van der Waals surface area contributed by atoms with E-state index in [0.717, 1.165) is 76.7 Å². The molecule has 2 heterocycles. The van der Waals surface area contributed by atoms with Gasteiger partial charge in [-0.25, -0.2) is 0 Å². The second-order valence-corrected chi connectivity index (χ2v) is 6.84. The van der Waals surface area contributed by atoms with Crippen molar-refractivity contribution >= 4 is 5.96 Å². The molecule has 7 heteroatoms. The fraction of sp³-hybridized carbons (Fsp3) is 0.842. The highest BCUT2D eigenvalue weighted by Gasteiger charge is 2.14. The first-order valence-electron chi connectivity index (χ1n) is 10.3. The van der Waals surface area contributed by atoms with Gasteiger partial charge in [0.2, 0.25) is 0 Å². The Hall–Kier alpha value is -1.63. The molecule has 0 fully saturated rings. The van der Waals surface area contributed by atoms with Crippen LogP contribution in [0.15, 0.2) is 4.99 Å². The van der Waals surface area contributed by atoms with E-state index in [-0.39, 0.29) is 0 Å². The standard InChI is InChI=1S/C19H36N6O/c1-3-4-15-26-16-9-13-22-19(20-2)21-12-8-11-18-24-23-17-10-6-5-7-14-25(17)18/h3-16H2,1-2H3,(H2,20,21,22). The molecule has 7 nitrogen and oxygen atoms in total. The Morgan fingerprint density at radius 1 is 1.08 bits per heavy atom. The first kappa shape index (κ1) is 20.7. The fourth-order valence-corrected chi connectivity index (χ4v) is 3.13. The smallest absolute Gasteiger partial charge is 0.190 e. The zero-order valence-electron chi connectivity index (χ0n) is 16.6. The van der Waals surface area contributed by atoms with Crippen LogP contribution in [0.1, 0.15) is 63.5 Å². The Kier molecular flexibility index (Phi) is 10.1. The van der Waals surface area contributed by atoms with E-state index in [9.17, 15) is 0 Å². The van der Waals surface area contributed by atoms with Crippen molar-refractivity contribution in [2.75, 3.05) is 33.4 Å². The van der Waals surface area contributed by atoms with E-state index < -0.39 is 0 Å². The summed E-state index contributed by atoms with van der Waals surface area (Å²) in [5.41, 5.74) is 0. The number of aromatic nitrogens is 3. The van der Waals surface area contributed by atoms with Gasteiger partial charge < -0.3 is 19.9 Å². The van der Waals surface area contributed by atoms with Crippen molar-refractivity contribution < 1.29 is 4.74 Å². The molecule has 1 aliphatic rings. The summed E-state index contributed by atoms with van der Waals surface area (Å²) in [5, 5.41) is 15.5. The van der Waals surface area contributed by atoms with Gasteiger partial charge in [-0.05, 0) is 32.1 Å². The maximum absolute atomic E-state index is 5.57. The predicted octanol–water partition coefficient (Wildman–Crippen LogP) is 2.31. The summed E-state index contributed by atoms with van der Waals surface area (Å²) in [4.78, 5) is 4.27. The van der Waals surface area contributed by atoms with Crippen molar-refractivity contribution in [1.29, 1.82) is 0 Å². The van der Waals surface area contributed by atoms with Gasteiger partial charge in [-0.15, -0.1) is 10.2 Å². The molecule has 0 saturated carbocycles. The van der Waals surface area contributed by atoms with Crippen LogP contribution in [0, 0.1) is 0 Å². The normalized spacial score (nSPS) is 14.8. The largest absolute Gasteiger partial charge is 0.381 e. The number of rotatable bonds is 11. The molecule has 0 saturated heterocycles. The van der Waals surface area contributed by atoms with Crippen LogP contribution >= 0.6 is 0 Å². The van der Waals surface area contributed by atoms with Crippen LogP contribution in [0.5, 0.6) is 0 Å². The molecule has 0 amide bonds. The lowest BCUT2D eigenvalue weighted by molar-refractivity contribution is 0.129. The van der Waals surface area contributed by atoms with Crippen molar-refractivity contribution in [1.82, 2.24) is 25.4 Å². The Morgan fingerprint density at radius 3 is 2.69 bits per heavy atom. The van der Waals surface area contributed by atoms with Crippen LogP contribution in [0.25, 0.3) is 0 Å². The fourth-order valence-electron chi connectivity index (χ4n) is 3.13. The summed E-state index contributed by atoms with van der Waals surface area (Å²) in [5.74, 6) is 3.17. The van der Waals surface area contributed by atoms with E-state index in [0.29, 0.717) is 0 Å². The van der Waals surface area contributed by atoms with E-state index in [1.165, 1.54) is 31.5 Å². The van der Waals surface area contributed by atoms with Crippen molar-refractivity contribution in [2.45, 2.75) is 71.3 Å². The van der Waals surface area contributed by atoms with E-state index in [1.54, 1.807) is 0 Å². The molecule has 1 aromatic rings. The Labute approximate surface area is 158 Å². The molecular weight excluding hydrogens is 328 g/mol. The van der Waals surface area contributed by atoms with E-state index in [4.69, 9.17) is 4.74 Å². The van der Waals surface area contributed by atoms with Crippen LogP contribution < -0.4 is 10.6 Å². The van der Waals surface area contributed by atoms with Gasteiger partial charge in [-0.2, -0.15) is 0 Å². The van der Waals surface area contributed by atoms with Crippen LogP contribution in [0.2, 0.25) is 0 Å². The molecule has 2 rings (SSSR count). The van der Waals surface area contributed by atoms with Gasteiger partial charge in [-0.1, -0.05) is 19.8 Å².